The van der Waals surface area contributed by atoms with Crippen LogP contribution < -0.4 is 9.80 Å². The topological polar surface area (TPSA) is 99.6 Å². The molecule has 5 rings (SSSR count). The number of cyclic esters (lactones) is 1. The van der Waals surface area contributed by atoms with Gasteiger partial charge >= 0.3 is 5.97 Å². The molecule has 2 saturated heterocycles. The highest BCUT2D eigenvalue weighted by Crippen LogP contribution is 2.53. The Balaban J connectivity index is 1.54. The summed E-state index contributed by atoms with van der Waals surface area (Å²) in [5.74, 6) is -2.75. The van der Waals surface area contributed by atoms with Crippen molar-refractivity contribution in [3.05, 3.63) is 48.6 Å². The summed E-state index contributed by atoms with van der Waals surface area (Å²) in [6, 6.07) is 6.92. The Hall–Kier alpha value is -3.17. The third kappa shape index (κ3) is 4.76. The van der Waals surface area contributed by atoms with Crippen LogP contribution in [0, 0.1) is 11.8 Å². The molecule has 0 saturated carbocycles. The summed E-state index contributed by atoms with van der Waals surface area (Å²) in [7, 11) is 0. The fraction of sp³-hybridized carbons (Fsp3) is 0.567. The summed E-state index contributed by atoms with van der Waals surface area (Å²) < 4.78 is 12.2. The van der Waals surface area contributed by atoms with Crippen LogP contribution in [0.2, 0.25) is 0 Å². The van der Waals surface area contributed by atoms with Gasteiger partial charge in [0.25, 0.3) is 5.91 Å². The monoisotopic (exact) mass is 537 g/mol. The summed E-state index contributed by atoms with van der Waals surface area (Å²) in [6.45, 7) is 6.66. The Morgan fingerprint density at radius 3 is 2.54 bits per heavy atom. The fourth-order valence-corrected chi connectivity index (χ4v) is 6.56. The van der Waals surface area contributed by atoms with Crippen molar-refractivity contribution in [3.63, 3.8) is 0 Å². The number of nitrogens with zero attached hydrogens (tertiary/aromatic N) is 3. The van der Waals surface area contributed by atoms with E-state index < -0.39 is 35.6 Å². The van der Waals surface area contributed by atoms with Crippen LogP contribution in [0.25, 0.3) is 0 Å². The molecule has 4 heterocycles. The van der Waals surface area contributed by atoms with E-state index in [1.807, 2.05) is 48.6 Å². The zero-order valence-electron chi connectivity index (χ0n) is 22.8. The van der Waals surface area contributed by atoms with E-state index in [-0.39, 0.29) is 25.0 Å². The second-order valence-electron chi connectivity index (χ2n) is 10.6. The maximum absolute atomic E-state index is 14.4. The first-order chi connectivity index (χ1) is 19.0. The van der Waals surface area contributed by atoms with Gasteiger partial charge in [0.15, 0.2) is 0 Å². The van der Waals surface area contributed by atoms with Crippen LogP contribution in [0.15, 0.2) is 48.6 Å². The number of likely N-dealkylation sites (tertiary alicyclic amines) is 1. The van der Waals surface area contributed by atoms with E-state index in [4.69, 9.17) is 9.47 Å². The van der Waals surface area contributed by atoms with Crippen molar-refractivity contribution < 1.29 is 29.0 Å². The van der Waals surface area contributed by atoms with Gasteiger partial charge in [-0.3, -0.25) is 14.4 Å². The summed E-state index contributed by atoms with van der Waals surface area (Å²) in [4.78, 5) is 47.1. The number of ether oxygens (including phenoxy) is 2. The van der Waals surface area contributed by atoms with Crippen LogP contribution in [-0.4, -0.2) is 84.9 Å². The number of esters is 1. The Labute approximate surface area is 230 Å². The molecule has 1 unspecified atom stereocenters. The summed E-state index contributed by atoms with van der Waals surface area (Å²) >= 11 is 0. The minimum absolute atomic E-state index is 0.119. The zero-order chi connectivity index (χ0) is 27.6. The van der Waals surface area contributed by atoms with Crippen molar-refractivity contribution in [1.82, 2.24) is 4.90 Å². The first-order valence-electron chi connectivity index (χ1n) is 14.2. The molecular formula is C30H39N3O6. The lowest BCUT2D eigenvalue weighted by Gasteiger charge is -2.35. The lowest BCUT2D eigenvalue weighted by atomic mass is 9.78. The van der Waals surface area contributed by atoms with Gasteiger partial charge < -0.3 is 29.3 Å². The molecule has 2 amide bonds. The SMILES string of the molecule is CCN(CC)c1ccc(N2CC=C[C@]34O[C@H]5/C=C\CCCCOC(=O)[C@H]5[C@H]3C(=O)N(CCCO)C4C2=O)cc1. The highest BCUT2D eigenvalue weighted by atomic mass is 16.6. The van der Waals surface area contributed by atoms with Crippen molar-refractivity contribution in [3.8, 4) is 0 Å². The molecule has 0 radical (unpaired) electrons. The molecule has 0 aliphatic carbocycles. The number of amides is 2. The van der Waals surface area contributed by atoms with Crippen LogP contribution >= 0.6 is 0 Å². The van der Waals surface area contributed by atoms with Gasteiger partial charge in [-0.05, 0) is 63.8 Å². The van der Waals surface area contributed by atoms with Gasteiger partial charge in [0, 0.05) is 44.2 Å². The molecule has 9 heteroatoms. The Morgan fingerprint density at radius 1 is 1.05 bits per heavy atom. The molecule has 1 spiro atoms. The van der Waals surface area contributed by atoms with E-state index in [0.717, 1.165) is 43.7 Å². The number of rotatable bonds is 7. The van der Waals surface area contributed by atoms with Crippen molar-refractivity contribution in [2.45, 2.75) is 57.3 Å². The van der Waals surface area contributed by atoms with Crippen molar-refractivity contribution in [1.29, 1.82) is 0 Å². The Kier molecular flexibility index (Phi) is 8.09. The third-order valence-electron chi connectivity index (χ3n) is 8.45. The first kappa shape index (κ1) is 27.4. The predicted octanol–water partition coefficient (Wildman–Crippen LogP) is 2.68. The van der Waals surface area contributed by atoms with Crippen molar-refractivity contribution in [2.75, 3.05) is 49.2 Å². The van der Waals surface area contributed by atoms with Gasteiger partial charge in [0.05, 0.1) is 18.6 Å². The normalized spacial score (nSPS) is 31.3. The number of hydrogen-bond acceptors (Lipinski definition) is 7. The molecule has 0 aromatic heterocycles. The van der Waals surface area contributed by atoms with Crippen LogP contribution in [0.4, 0.5) is 11.4 Å². The molecule has 4 aliphatic heterocycles. The number of fused-ring (bicyclic) bond motifs is 2. The molecule has 5 atom stereocenters. The summed E-state index contributed by atoms with van der Waals surface area (Å²) in [5, 5.41) is 9.56. The van der Waals surface area contributed by atoms with Gasteiger partial charge in [-0.1, -0.05) is 24.3 Å². The van der Waals surface area contributed by atoms with Gasteiger partial charge in [0.2, 0.25) is 5.91 Å². The molecule has 1 N–H and O–H groups in total. The molecule has 0 bridgehead atoms. The maximum atomic E-state index is 14.4. The molecule has 4 aliphatic rings. The minimum atomic E-state index is -1.30. The number of carbonyl (C=O) groups excluding carboxylic acids is 3. The average Bonchev–Trinajstić information content (AvgIpc) is 3.33. The minimum Gasteiger partial charge on any atom is -0.465 e. The Morgan fingerprint density at radius 2 is 1.82 bits per heavy atom. The maximum Gasteiger partial charge on any atom is 0.312 e. The lowest BCUT2D eigenvalue weighted by molar-refractivity contribution is -0.154. The standard InChI is InChI=1S/C30H39N3O6/c1-3-31(4-2)21-12-14-22(15-13-21)32-17-9-16-30-25(27(35)33(18-10-19-34)26(30)28(32)36)24-23(39-30)11-7-5-6-8-20-38-29(24)37/h7,9,11-16,23-26,34H,3-6,8,10,17-20H2,1-2H3/b11-7-/t23-,24+,25-,26?,30-/m0/s1. The first-order valence-corrected chi connectivity index (χ1v) is 14.2. The summed E-state index contributed by atoms with van der Waals surface area (Å²) in [5.41, 5.74) is 0.504. The second kappa shape index (κ2) is 11.5. The van der Waals surface area contributed by atoms with Gasteiger partial charge in [0.1, 0.15) is 17.6 Å². The van der Waals surface area contributed by atoms with Crippen molar-refractivity contribution in [2.24, 2.45) is 11.8 Å². The predicted molar refractivity (Wildman–Crippen MR) is 147 cm³/mol. The van der Waals surface area contributed by atoms with Crippen molar-refractivity contribution >= 4 is 29.2 Å². The van der Waals surface area contributed by atoms with Gasteiger partial charge in [-0.25, -0.2) is 0 Å². The third-order valence-corrected chi connectivity index (χ3v) is 8.45. The molecule has 210 valence electrons. The highest BCUT2D eigenvalue weighted by Gasteiger charge is 2.71. The number of anilines is 2. The lowest BCUT2D eigenvalue weighted by Crippen LogP contribution is -2.55. The number of benzene rings is 1. The van der Waals surface area contributed by atoms with Crippen LogP contribution in [0.5, 0.6) is 0 Å². The smallest absolute Gasteiger partial charge is 0.312 e. The van der Waals surface area contributed by atoms with E-state index in [2.05, 4.69) is 18.7 Å². The number of hydrogen-bond donors (Lipinski definition) is 1. The zero-order valence-corrected chi connectivity index (χ0v) is 22.8. The molecule has 1 aromatic carbocycles. The quantitative estimate of drug-likeness (QED) is 0.422. The number of aliphatic hydroxyl groups excluding tert-OH is 1. The molecule has 9 nitrogen and oxygen atoms in total. The number of allylic oxidation sites excluding steroid dienone is 1. The van der Waals surface area contributed by atoms with Gasteiger partial charge in [-0.2, -0.15) is 0 Å². The average molecular weight is 538 g/mol. The van der Waals surface area contributed by atoms with E-state index in [1.165, 1.54) is 4.90 Å². The van der Waals surface area contributed by atoms with Crippen LogP contribution in [0.1, 0.15) is 39.5 Å². The molecule has 2 fully saturated rings. The molecule has 1 aromatic rings. The van der Waals surface area contributed by atoms with Crippen LogP contribution in [0.3, 0.4) is 0 Å². The number of aliphatic hydroxyl groups is 1. The Bertz CT molecular complexity index is 1130. The number of carbonyl (C=O) groups is 3. The summed E-state index contributed by atoms with van der Waals surface area (Å²) in [6.07, 6.45) is 9.70. The molecular weight excluding hydrogens is 498 g/mol. The van der Waals surface area contributed by atoms with E-state index in [1.54, 1.807) is 4.90 Å². The van der Waals surface area contributed by atoms with E-state index >= 15 is 0 Å². The van der Waals surface area contributed by atoms with Crippen LogP contribution in [-0.2, 0) is 23.9 Å². The highest BCUT2D eigenvalue weighted by molar-refractivity contribution is 6.05. The second-order valence-corrected chi connectivity index (χ2v) is 10.6. The van der Waals surface area contributed by atoms with Gasteiger partial charge in [-0.15, -0.1) is 0 Å². The van der Waals surface area contributed by atoms with E-state index in [0.29, 0.717) is 19.6 Å². The fourth-order valence-electron chi connectivity index (χ4n) is 6.56. The van der Waals surface area contributed by atoms with E-state index in [9.17, 15) is 19.5 Å². The molecule has 39 heavy (non-hydrogen) atoms. The largest absolute Gasteiger partial charge is 0.465 e.